The Morgan fingerprint density at radius 2 is 1.97 bits per heavy atom. The number of fused-ring (bicyclic) bond motifs is 1. The molecule has 5 rings (SSSR count). The highest BCUT2D eigenvalue weighted by Crippen LogP contribution is 2.30. The molecule has 2 aromatic carbocycles. The second kappa shape index (κ2) is 7.50. The maximum Gasteiger partial charge on any atom is 0.248 e. The van der Waals surface area contributed by atoms with Crippen molar-refractivity contribution in [2.75, 3.05) is 11.4 Å². The molecule has 1 fully saturated rings. The Bertz CT molecular complexity index is 1110. The topological polar surface area (TPSA) is 79.7 Å². The van der Waals surface area contributed by atoms with E-state index in [9.17, 15) is 4.79 Å². The largest absolute Gasteiger partial charge is 0.345 e. The smallest absolute Gasteiger partial charge is 0.248 e. The van der Waals surface area contributed by atoms with Crippen molar-refractivity contribution >= 4 is 22.6 Å². The van der Waals surface area contributed by atoms with Crippen molar-refractivity contribution in [3.63, 3.8) is 0 Å². The van der Waals surface area contributed by atoms with Crippen molar-refractivity contribution in [1.82, 2.24) is 25.0 Å². The van der Waals surface area contributed by atoms with E-state index in [1.54, 1.807) is 17.2 Å². The third kappa shape index (κ3) is 3.51. The van der Waals surface area contributed by atoms with Gasteiger partial charge in [0.1, 0.15) is 12.1 Å². The summed E-state index contributed by atoms with van der Waals surface area (Å²) in [7, 11) is 0. The highest BCUT2D eigenvalue weighted by Gasteiger charge is 2.25. The average Bonchev–Trinajstić information content (AvgIpc) is 3.38. The lowest BCUT2D eigenvalue weighted by atomic mass is 9.85. The van der Waals surface area contributed by atoms with Gasteiger partial charge in [-0.15, -0.1) is 5.10 Å². The lowest BCUT2D eigenvalue weighted by Gasteiger charge is -2.32. The summed E-state index contributed by atoms with van der Waals surface area (Å²) < 4.78 is 1.68. The van der Waals surface area contributed by atoms with E-state index >= 15 is 0 Å². The van der Waals surface area contributed by atoms with Gasteiger partial charge in [0, 0.05) is 12.2 Å². The molecule has 0 saturated heterocycles. The summed E-state index contributed by atoms with van der Waals surface area (Å²) in [5.41, 5.74) is 4.59. The van der Waals surface area contributed by atoms with Gasteiger partial charge in [0.05, 0.1) is 23.7 Å². The number of rotatable bonds is 6. The number of benzene rings is 2. The Labute approximate surface area is 168 Å². The quantitative estimate of drug-likeness (QED) is 0.548. The Hall–Kier alpha value is -3.48. The number of amides is 1. The molecule has 0 radical (unpaired) electrons. The van der Waals surface area contributed by atoms with Crippen LogP contribution < -0.4 is 4.90 Å². The van der Waals surface area contributed by atoms with E-state index in [0.717, 1.165) is 34.5 Å². The van der Waals surface area contributed by atoms with Crippen LogP contribution in [-0.2, 0) is 11.3 Å². The maximum atomic E-state index is 13.3. The number of carbonyl (C=O) groups is 1. The number of hydrogen-bond acceptors (Lipinski definition) is 4. The Morgan fingerprint density at radius 3 is 2.69 bits per heavy atom. The molecule has 2 aromatic heterocycles. The monoisotopic (exact) mass is 386 g/mol. The van der Waals surface area contributed by atoms with Gasteiger partial charge in [-0.1, -0.05) is 35.9 Å². The van der Waals surface area contributed by atoms with Crippen molar-refractivity contribution < 1.29 is 4.79 Å². The lowest BCUT2D eigenvalue weighted by molar-refractivity contribution is -0.119. The molecule has 1 N–H and O–H groups in total. The molecule has 0 aliphatic heterocycles. The Balaban J connectivity index is 1.40. The fraction of sp³-hybridized carbons (Fsp3) is 0.273. The molecule has 4 aromatic rings. The van der Waals surface area contributed by atoms with Crippen LogP contribution in [0.3, 0.4) is 0 Å². The first-order chi connectivity index (χ1) is 14.3. The second-order valence-electron chi connectivity index (χ2n) is 7.55. The summed E-state index contributed by atoms with van der Waals surface area (Å²) in [6.45, 7) is 0.921. The first-order valence-corrected chi connectivity index (χ1v) is 9.95. The summed E-state index contributed by atoms with van der Waals surface area (Å²) in [5.74, 6) is 0.598. The number of anilines is 1. The van der Waals surface area contributed by atoms with Crippen LogP contribution in [0.15, 0.2) is 61.1 Å². The lowest BCUT2D eigenvalue weighted by Crippen LogP contribution is -2.39. The van der Waals surface area contributed by atoms with E-state index in [4.69, 9.17) is 0 Å². The van der Waals surface area contributed by atoms with E-state index in [1.165, 1.54) is 19.3 Å². The highest BCUT2D eigenvalue weighted by molar-refractivity contribution is 5.94. The van der Waals surface area contributed by atoms with Crippen molar-refractivity contribution in [2.24, 2.45) is 5.92 Å². The highest BCUT2D eigenvalue weighted by atomic mass is 16.2. The number of nitrogens with one attached hydrogen (secondary N) is 1. The first kappa shape index (κ1) is 17.6. The van der Waals surface area contributed by atoms with Gasteiger partial charge >= 0.3 is 0 Å². The molecule has 0 bridgehead atoms. The predicted molar refractivity (Wildman–Crippen MR) is 111 cm³/mol. The number of hydrogen-bond donors (Lipinski definition) is 1. The standard InChI is InChI=1S/C22H22N6O/c29-22(14-28-21-7-2-1-6-19(21)25-26-28)27(13-16-4-3-5-16)18-10-8-17(9-11-18)20-12-23-15-24-20/h1-2,6-12,15-16H,3-5,13-14H2,(H,23,24). The molecule has 1 saturated carbocycles. The van der Waals surface area contributed by atoms with Crippen LogP contribution in [0.5, 0.6) is 0 Å². The summed E-state index contributed by atoms with van der Waals surface area (Å²) in [6, 6.07) is 15.8. The molecule has 1 aliphatic rings. The van der Waals surface area contributed by atoms with Gasteiger partial charge in [0.15, 0.2) is 0 Å². The number of H-pyrrole nitrogens is 1. The van der Waals surface area contributed by atoms with Crippen LogP contribution in [0.1, 0.15) is 19.3 Å². The minimum atomic E-state index is 0.0295. The van der Waals surface area contributed by atoms with E-state index in [2.05, 4.69) is 20.3 Å². The van der Waals surface area contributed by atoms with Crippen molar-refractivity contribution in [3.8, 4) is 11.3 Å². The SMILES string of the molecule is O=C(Cn1nnc2ccccc21)N(CC1CCC1)c1ccc(-c2cnc[nH]2)cc1. The van der Waals surface area contributed by atoms with Gasteiger partial charge in [-0.05, 0) is 48.6 Å². The number of para-hydroxylation sites is 1. The second-order valence-corrected chi connectivity index (χ2v) is 7.55. The average molecular weight is 386 g/mol. The summed E-state index contributed by atoms with van der Waals surface area (Å²) in [6.07, 6.45) is 7.07. The summed E-state index contributed by atoms with van der Waals surface area (Å²) >= 11 is 0. The van der Waals surface area contributed by atoms with E-state index in [0.29, 0.717) is 5.92 Å². The molecule has 7 nitrogen and oxygen atoms in total. The minimum absolute atomic E-state index is 0.0295. The third-order valence-electron chi connectivity index (χ3n) is 5.66. The molecule has 0 unspecified atom stereocenters. The van der Waals surface area contributed by atoms with Crippen molar-refractivity contribution in [2.45, 2.75) is 25.8 Å². The van der Waals surface area contributed by atoms with Crippen molar-refractivity contribution in [3.05, 3.63) is 61.1 Å². The fourth-order valence-corrected chi connectivity index (χ4v) is 3.77. The van der Waals surface area contributed by atoms with Crippen molar-refractivity contribution in [1.29, 1.82) is 0 Å². The minimum Gasteiger partial charge on any atom is -0.345 e. The van der Waals surface area contributed by atoms with Crippen LogP contribution in [0.25, 0.3) is 22.3 Å². The van der Waals surface area contributed by atoms with Gasteiger partial charge in [-0.25, -0.2) is 9.67 Å². The molecule has 29 heavy (non-hydrogen) atoms. The molecule has 146 valence electrons. The number of carbonyl (C=O) groups excluding carboxylic acids is 1. The van der Waals surface area contributed by atoms with Crippen LogP contribution in [-0.4, -0.2) is 37.4 Å². The van der Waals surface area contributed by atoms with E-state index in [-0.39, 0.29) is 12.5 Å². The molecular formula is C22H22N6O. The van der Waals surface area contributed by atoms with E-state index in [1.807, 2.05) is 53.4 Å². The molecular weight excluding hydrogens is 364 g/mol. The summed E-state index contributed by atoms with van der Waals surface area (Å²) in [4.78, 5) is 22.3. The van der Waals surface area contributed by atoms with Gasteiger partial charge in [0.25, 0.3) is 0 Å². The summed E-state index contributed by atoms with van der Waals surface area (Å²) in [5, 5.41) is 8.35. The van der Waals surface area contributed by atoms with Crippen LogP contribution in [0, 0.1) is 5.92 Å². The van der Waals surface area contributed by atoms with E-state index < -0.39 is 0 Å². The number of imidazole rings is 1. The van der Waals surface area contributed by atoms with Crippen LogP contribution in [0.4, 0.5) is 5.69 Å². The molecule has 7 heteroatoms. The normalized spacial score (nSPS) is 14.1. The number of nitrogens with zero attached hydrogens (tertiary/aromatic N) is 5. The number of aromatic nitrogens is 5. The maximum absolute atomic E-state index is 13.3. The molecule has 1 amide bonds. The fourth-order valence-electron chi connectivity index (χ4n) is 3.77. The zero-order valence-corrected chi connectivity index (χ0v) is 16.0. The third-order valence-corrected chi connectivity index (χ3v) is 5.66. The van der Waals surface area contributed by atoms with Crippen LogP contribution in [0.2, 0.25) is 0 Å². The Morgan fingerprint density at radius 1 is 1.14 bits per heavy atom. The van der Waals surface area contributed by atoms with Gasteiger partial charge < -0.3 is 9.88 Å². The molecule has 1 aliphatic carbocycles. The molecule has 0 spiro atoms. The molecule has 0 atom stereocenters. The zero-order chi connectivity index (χ0) is 19.6. The molecule has 2 heterocycles. The van der Waals surface area contributed by atoms with Gasteiger partial charge in [-0.3, -0.25) is 4.79 Å². The predicted octanol–water partition coefficient (Wildman–Crippen LogP) is 3.65. The van der Waals surface area contributed by atoms with Gasteiger partial charge in [-0.2, -0.15) is 0 Å². The van der Waals surface area contributed by atoms with Gasteiger partial charge in [0.2, 0.25) is 5.91 Å². The van der Waals surface area contributed by atoms with Crippen LogP contribution >= 0.6 is 0 Å². The first-order valence-electron chi connectivity index (χ1n) is 9.95. The number of aromatic amines is 1. The zero-order valence-electron chi connectivity index (χ0n) is 16.0. The Kier molecular flexibility index (Phi) is 4.56.